The third-order valence-electron chi connectivity index (χ3n) is 6.68. The molecule has 3 rings (SSSR count). The summed E-state index contributed by atoms with van der Waals surface area (Å²) in [6, 6.07) is 9.60. The van der Waals surface area contributed by atoms with Crippen LogP contribution in [0.2, 0.25) is 0 Å². The highest BCUT2D eigenvalue weighted by atomic mass is 35.5. The minimum Gasteiger partial charge on any atom is -0.468 e. The predicted molar refractivity (Wildman–Crippen MR) is 130 cm³/mol. The molecular weight excluding hydrogens is 444 g/mol. The van der Waals surface area contributed by atoms with E-state index >= 15 is 0 Å². The molecule has 0 unspecified atom stereocenters. The van der Waals surface area contributed by atoms with Crippen LogP contribution in [0.3, 0.4) is 0 Å². The number of hydrogen-bond acceptors (Lipinski definition) is 6. The lowest BCUT2D eigenvalue weighted by atomic mass is 9.81. The summed E-state index contributed by atoms with van der Waals surface area (Å²) in [6.45, 7) is 1.86. The summed E-state index contributed by atoms with van der Waals surface area (Å²) < 4.78 is 9.55. The molecule has 2 fully saturated rings. The Balaban J connectivity index is 0.000000385. The summed E-state index contributed by atoms with van der Waals surface area (Å²) in [5.41, 5.74) is 5.27. The fourth-order valence-electron chi connectivity index (χ4n) is 4.56. The number of ether oxygens (including phenoxy) is 2. The second-order valence-electron chi connectivity index (χ2n) is 8.96. The molecule has 0 aliphatic heterocycles. The van der Waals surface area contributed by atoms with Crippen LogP contribution in [0.4, 0.5) is 0 Å². The number of rotatable bonds is 5. The van der Waals surface area contributed by atoms with E-state index in [4.69, 9.17) is 10.5 Å². The van der Waals surface area contributed by atoms with Gasteiger partial charge >= 0.3 is 11.9 Å². The number of carbonyl (C=O) groups excluding carboxylic acids is 3. The van der Waals surface area contributed by atoms with E-state index in [-0.39, 0.29) is 36.2 Å². The van der Waals surface area contributed by atoms with Gasteiger partial charge in [-0.1, -0.05) is 68.9 Å². The van der Waals surface area contributed by atoms with Gasteiger partial charge in [0.2, 0.25) is 5.91 Å². The first-order valence-corrected chi connectivity index (χ1v) is 11.6. The maximum absolute atomic E-state index is 12.5. The number of carbonyl (C=O) groups is 3. The van der Waals surface area contributed by atoms with Crippen LogP contribution in [0.5, 0.6) is 0 Å². The lowest BCUT2D eigenvalue weighted by Gasteiger charge is -2.36. The summed E-state index contributed by atoms with van der Waals surface area (Å²) >= 11 is 0. The van der Waals surface area contributed by atoms with Crippen LogP contribution < -0.4 is 11.1 Å². The van der Waals surface area contributed by atoms with Gasteiger partial charge in [0, 0.05) is 0 Å². The van der Waals surface area contributed by atoms with Crippen molar-refractivity contribution in [3.8, 4) is 0 Å². The minimum atomic E-state index is -0.840. The number of amides is 1. The molecule has 0 bridgehead atoms. The largest absolute Gasteiger partial charge is 0.468 e. The van der Waals surface area contributed by atoms with Gasteiger partial charge in [-0.3, -0.25) is 9.59 Å². The van der Waals surface area contributed by atoms with Gasteiger partial charge in [-0.05, 0) is 38.2 Å². The second kappa shape index (κ2) is 13.6. The molecule has 1 aromatic rings. The zero-order valence-corrected chi connectivity index (χ0v) is 20.9. The lowest BCUT2D eigenvalue weighted by Crippen LogP contribution is -2.56. The number of esters is 2. The van der Waals surface area contributed by atoms with E-state index in [1.165, 1.54) is 20.6 Å². The van der Waals surface area contributed by atoms with Crippen molar-refractivity contribution in [3.05, 3.63) is 35.9 Å². The van der Waals surface area contributed by atoms with E-state index in [1.54, 1.807) is 0 Å². The van der Waals surface area contributed by atoms with Gasteiger partial charge in [0.05, 0.1) is 20.1 Å². The van der Waals surface area contributed by atoms with E-state index in [1.807, 2.05) is 37.3 Å². The lowest BCUT2D eigenvalue weighted by molar-refractivity contribution is -0.152. The van der Waals surface area contributed by atoms with Crippen LogP contribution in [0.15, 0.2) is 30.3 Å². The van der Waals surface area contributed by atoms with E-state index in [0.717, 1.165) is 50.5 Å². The molecule has 8 heteroatoms. The van der Waals surface area contributed by atoms with Gasteiger partial charge in [0.15, 0.2) is 0 Å². The van der Waals surface area contributed by atoms with Crippen molar-refractivity contribution in [2.75, 3.05) is 14.2 Å². The SMILES string of the molecule is COC(=O)C1(N)CCCCC1.COC(=O)C1(NC(=O)[C@@H](C)c2ccccc2)CCCCC1.Cl. The first-order chi connectivity index (χ1) is 15.3. The topological polar surface area (TPSA) is 108 Å². The van der Waals surface area contributed by atoms with Crippen LogP contribution in [-0.2, 0) is 23.9 Å². The van der Waals surface area contributed by atoms with Gasteiger partial charge < -0.3 is 20.5 Å². The molecule has 33 heavy (non-hydrogen) atoms. The van der Waals surface area contributed by atoms with Crippen molar-refractivity contribution in [3.63, 3.8) is 0 Å². The third-order valence-corrected chi connectivity index (χ3v) is 6.68. The normalized spacial score (nSPS) is 19.4. The third kappa shape index (κ3) is 7.71. The molecule has 186 valence electrons. The summed E-state index contributed by atoms with van der Waals surface area (Å²) in [4.78, 5) is 35.8. The van der Waals surface area contributed by atoms with Crippen molar-refractivity contribution in [2.24, 2.45) is 5.73 Å². The van der Waals surface area contributed by atoms with Gasteiger partial charge in [0.25, 0.3) is 0 Å². The average molecular weight is 483 g/mol. The number of nitrogens with two attached hydrogens (primary N) is 1. The Labute approximate surface area is 203 Å². The van der Waals surface area contributed by atoms with Crippen LogP contribution in [-0.4, -0.2) is 43.1 Å². The van der Waals surface area contributed by atoms with Crippen molar-refractivity contribution in [2.45, 2.75) is 88.1 Å². The van der Waals surface area contributed by atoms with Crippen LogP contribution in [0, 0.1) is 0 Å². The molecule has 0 spiro atoms. The van der Waals surface area contributed by atoms with Crippen LogP contribution >= 0.6 is 12.4 Å². The average Bonchev–Trinajstić information content (AvgIpc) is 2.84. The number of hydrogen-bond donors (Lipinski definition) is 2. The highest BCUT2D eigenvalue weighted by Crippen LogP contribution is 2.30. The molecule has 0 aromatic heterocycles. The Hall–Kier alpha value is -2.12. The highest BCUT2D eigenvalue weighted by Gasteiger charge is 2.42. The van der Waals surface area contributed by atoms with Crippen molar-refractivity contribution in [1.29, 1.82) is 0 Å². The fraction of sp³-hybridized carbons (Fsp3) is 0.640. The maximum atomic E-state index is 12.5. The molecule has 7 nitrogen and oxygen atoms in total. The number of nitrogens with one attached hydrogen (secondary N) is 1. The molecule has 1 atom stereocenters. The zero-order valence-electron chi connectivity index (χ0n) is 20.1. The van der Waals surface area contributed by atoms with Gasteiger partial charge in [-0.25, -0.2) is 4.79 Å². The molecule has 1 amide bonds. The molecule has 1 aromatic carbocycles. The van der Waals surface area contributed by atoms with Crippen LogP contribution in [0.25, 0.3) is 0 Å². The molecule has 0 heterocycles. The monoisotopic (exact) mass is 482 g/mol. The van der Waals surface area contributed by atoms with E-state index in [9.17, 15) is 14.4 Å². The van der Waals surface area contributed by atoms with E-state index in [0.29, 0.717) is 12.8 Å². The van der Waals surface area contributed by atoms with Crippen molar-refractivity contribution in [1.82, 2.24) is 5.32 Å². The summed E-state index contributed by atoms with van der Waals surface area (Å²) in [5, 5.41) is 2.97. The molecule has 2 aliphatic carbocycles. The smallest absolute Gasteiger partial charge is 0.331 e. The molecule has 2 saturated carbocycles. The molecule has 0 radical (unpaired) electrons. The summed E-state index contributed by atoms with van der Waals surface area (Å²) in [5.74, 6) is -0.976. The minimum absolute atomic E-state index is 0. The first kappa shape index (κ1) is 28.9. The molecular formula is C25H39ClN2O5. The predicted octanol–water partition coefficient (Wildman–Crippen LogP) is 4.03. The number of methoxy groups -OCH3 is 2. The summed E-state index contributed by atoms with van der Waals surface area (Å²) in [6.07, 6.45) is 9.14. The molecule has 3 N–H and O–H groups in total. The quantitative estimate of drug-likeness (QED) is 0.613. The Kier molecular flexibility index (Phi) is 11.9. The van der Waals surface area contributed by atoms with Gasteiger partial charge in [-0.15, -0.1) is 12.4 Å². The number of benzene rings is 1. The Bertz CT molecular complexity index is 759. The maximum Gasteiger partial charge on any atom is 0.331 e. The standard InChI is InChI=1S/C17H23NO3.C8H15NO2.ClH/c1-13(14-9-5-3-6-10-14)15(19)18-17(16(20)21-2)11-7-4-8-12-17;1-11-7(10)8(9)5-3-2-4-6-8;/h3,5-6,9-10,13H,4,7-8,11-12H2,1-2H3,(H,18,19);2-6,9H2,1H3;1H/t13-;;/m0../s1. The first-order valence-electron chi connectivity index (χ1n) is 11.6. The summed E-state index contributed by atoms with van der Waals surface area (Å²) in [7, 11) is 2.77. The Morgan fingerprint density at radius 3 is 1.82 bits per heavy atom. The number of halogens is 1. The van der Waals surface area contributed by atoms with Gasteiger partial charge in [0.1, 0.15) is 11.1 Å². The van der Waals surface area contributed by atoms with Crippen molar-refractivity contribution < 1.29 is 23.9 Å². The highest BCUT2D eigenvalue weighted by molar-refractivity contribution is 5.91. The van der Waals surface area contributed by atoms with Crippen molar-refractivity contribution >= 4 is 30.3 Å². The molecule has 0 saturated heterocycles. The van der Waals surface area contributed by atoms with Gasteiger partial charge in [-0.2, -0.15) is 0 Å². The Morgan fingerprint density at radius 2 is 1.33 bits per heavy atom. The zero-order chi connectivity index (χ0) is 23.6. The Morgan fingerprint density at radius 1 is 0.848 bits per heavy atom. The van der Waals surface area contributed by atoms with Crippen LogP contribution in [0.1, 0.15) is 82.6 Å². The van der Waals surface area contributed by atoms with E-state index < -0.39 is 11.1 Å². The molecule has 2 aliphatic rings. The second-order valence-corrected chi connectivity index (χ2v) is 8.96. The van der Waals surface area contributed by atoms with E-state index in [2.05, 4.69) is 10.1 Å². The fourth-order valence-corrected chi connectivity index (χ4v) is 4.56.